The number of anilines is 1. The zero-order valence-electron chi connectivity index (χ0n) is 17.8. The summed E-state index contributed by atoms with van der Waals surface area (Å²) in [5.74, 6) is -2.41. The number of carbonyl (C=O) groups excluding carboxylic acids is 3. The molecule has 2 aromatic rings. The molecule has 2 aromatic carbocycles. The topological polar surface area (TPSA) is 108 Å². The van der Waals surface area contributed by atoms with Crippen molar-refractivity contribution in [1.82, 2.24) is 0 Å². The van der Waals surface area contributed by atoms with Crippen LogP contribution in [0, 0.1) is 5.82 Å². The predicted molar refractivity (Wildman–Crippen MR) is 116 cm³/mol. The maximum atomic E-state index is 13.6. The molecule has 5 rings (SSSR count). The van der Waals surface area contributed by atoms with E-state index in [-0.39, 0.29) is 59.8 Å². The third-order valence-electron chi connectivity index (χ3n) is 6.39. The smallest absolute Gasteiger partial charge is 0.341 e. The summed E-state index contributed by atoms with van der Waals surface area (Å²) in [4.78, 5) is 40.2. The van der Waals surface area contributed by atoms with Crippen LogP contribution in [-0.2, 0) is 29.3 Å². The second kappa shape index (κ2) is 7.58. The fraction of sp³-hybridized carbons (Fsp3) is 0.240. The van der Waals surface area contributed by atoms with E-state index in [1.54, 1.807) is 43.3 Å². The van der Waals surface area contributed by atoms with Gasteiger partial charge < -0.3 is 20.5 Å². The first-order valence-electron chi connectivity index (χ1n) is 10.7. The number of hydrogen-bond donors (Lipinski definition) is 2. The average Bonchev–Trinajstić information content (AvgIpc) is 3.06. The molecule has 0 fully saturated rings. The van der Waals surface area contributed by atoms with Gasteiger partial charge in [0, 0.05) is 24.1 Å². The van der Waals surface area contributed by atoms with Gasteiger partial charge in [0.05, 0.1) is 12.2 Å². The molecule has 0 unspecified atom stereocenters. The Labute approximate surface area is 189 Å². The lowest BCUT2D eigenvalue weighted by Crippen LogP contribution is -2.49. The highest BCUT2D eigenvalue weighted by Gasteiger charge is 2.62. The quantitative estimate of drug-likeness (QED) is 0.699. The lowest BCUT2D eigenvalue weighted by molar-refractivity contribution is -0.141. The number of para-hydroxylation sites is 1. The molecule has 2 aliphatic heterocycles. The van der Waals surface area contributed by atoms with Gasteiger partial charge in [-0.05, 0) is 36.6 Å². The highest BCUT2D eigenvalue weighted by atomic mass is 19.1. The summed E-state index contributed by atoms with van der Waals surface area (Å²) in [7, 11) is 0. The SMILES string of the molecule is CCOC(=O)C1=C(N)OC2=C(C(=O)C[C@H](c3ccc(F)cc3)C2)[C@@]12C(=O)Nc1ccccc12. The summed E-state index contributed by atoms with van der Waals surface area (Å²) >= 11 is 0. The van der Waals surface area contributed by atoms with Crippen molar-refractivity contribution in [2.45, 2.75) is 31.1 Å². The van der Waals surface area contributed by atoms with Crippen LogP contribution in [0.15, 0.2) is 71.3 Å². The van der Waals surface area contributed by atoms with Gasteiger partial charge in [-0.3, -0.25) is 9.59 Å². The van der Waals surface area contributed by atoms with Crippen LogP contribution in [0.2, 0.25) is 0 Å². The first-order chi connectivity index (χ1) is 15.9. The molecule has 3 N–H and O–H groups in total. The molecule has 33 heavy (non-hydrogen) atoms. The zero-order chi connectivity index (χ0) is 23.3. The van der Waals surface area contributed by atoms with Crippen LogP contribution in [0.5, 0.6) is 0 Å². The van der Waals surface area contributed by atoms with Gasteiger partial charge in [-0.15, -0.1) is 0 Å². The number of esters is 1. The van der Waals surface area contributed by atoms with Crippen LogP contribution in [-0.4, -0.2) is 24.3 Å². The summed E-state index contributed by atoms with van der Waals surface area (Å²) in [6.07, 6.45) is 0.335. The van der Waals surface area contributed by atoms with E-state index in [9.17, 15) is 18.8 Å². The van der Waals surface area contributed by atoms with Crippen LogP contribution in [0.25, 0.3) is 0 Å². The van der Waals surface area contributed by atoms with E-state index in [4.69, 9.17) is 15.2 Å². The summed E-state index contributed by atoms with van der Waals surface area (Å²) < 4.78 is 24.4. The molecule has 2 heterocycles. The minimum absolute atomic E-state index is 0.0570. The van der Waals surface area contributed by atoms with Gasteiger partial charge in [-0.25, -0.2) is 9.18 Å². The van der Waals surface area contributed by atoms with E-state index in [2.05, 4.69) is 5.32 Å². The van der Waals surface area contributed by atoms with Crippen LogP contribution < -0.4 is 11.1 Å². The Hall–Kier alpha value is -3.94. The highest BCUT2D eigenvalue weighted by molar-refractivity contribution is 6.22. The Bertz CT molecular complexity index is 1260. The first kappa shape index (κ1) is 20.9. The lowest BCUT2D eigenvalue weighted by Gasteiger charge is -2.40. The second-order valence-electron chi connectivity index (χ2n) is 8.19. The maximum absolute atomic E-state index is 13.6. The molecule has 0 bridgehead atoms. The summed E-state index contributed by atoms with van der Waals surface area (Å²) in [6, 6.07) is 12.8. The Kier molecular flexibility index (Phi) is 4.81. The van der Waals surface area contributed by atoms with Crippen LogP contribution in [0.1, 0.15) is 36.8 Å². The second-order valence-corrected chi connectivity index (χ2v) is 8.19. The minimum atomic E-state index is -1.76. The third-order valence-corrected chi connectivity index (χ3v) is 6.39. The molecule has 168 valence electrons. The van der Waals surface area contributed by atoms with Gasteiger partial charge >= 0.3 is 5.97 Å². The van der Waals surface area contributed by atoms with E-state index in [0.717, 1.165) is 5.56 Å². The van der Waals surface area contributed by atoms with E-state index in [0.29, 0.717) is 11.3 Å². The number of benzene rings is 2. The molecule has 1 spiro atoms. The normalized spacial score (nSPS) is 23.8. The van der Waals surface area contributed by atoms with Crippen molar-refractivity contribution in [3.63, 3.8) is 0 Å². The minimum Gasteiger partial charge on any atom is -0.462 e. The Morgan fingerprint density at radius 2 is 1.91 bits per heavy atom. The number of ether oxygens (including phenoxy) is 2. The number of rotatable bonds is 3. The number of nitrogens with one attached hydrogen (secondary N) is 1. The standard InChI is InChI=1S/C25H21FN2O5/c1-2-32-23(30)21-22(27)33-19-12-14(13-7-9-15(26)10-8-13)11-18(29)20(19)25(21)16-5-3-4-6-17(16)28-24(25)31/h3-10,14H,2,11-12,27H2,1H3,(H,28,31)/t14-,25+/m0/s1. The average molecular weight is 448 g/mol. The van der Waals surface area contributed by atoms with E-state index >= 15 is 0 Å². The Morgan fingerprint density at radius 3 is 2.64 bits per heavy atom. The van der Waals surface area contributed by atoms with Crippen molar-refractivity contribution < 1.29 is 28.2 Å². The Morgan fingerprint density at radius 1 is 1.18 bits per heavy atom. The molecule has 7 nitrogen and oxygen atoms in total. The van der Waals surface area contributed by atoms with E-state index < -0.39 is 17.3 Å². The largest absolute Gasteiger partial charge is 0.462 e. The van der Waals surface area contributed by atoms with Crippen molar-refractivity contribution in [1.29, 1.82) is 0 Å². The molecular weight excluding hydrogens is 427 g/mol. The predicted octanol–water partition coefficient (Wildman–Crippen LogP) is 3.18. The molecule has 0 aromatic heterocycles. The summed E-state index contributed by atoms with van der Waals surface area (Å²) in [6.45, 7) is 1.69. The molecule has 0 radical (unpaired) electrons. The number of amides is 1. The lowest BCUT2D eigenvalue weighted by atomic mass is 9.63. The number of nitrogens with two attached hydrogens (primary N) is 1. The van der Waals surface area contributed by atoms with Gasteiger partial charge in [0.15, 0.2) is 5.78 Å². The number of ketones is 1. The number of Topliss-reactive ketones (excluding diaryl/α,β-unsaturated/α-hetero) is 1. The summed E-state index contributed by atoms with van der Waals surface area (Å²) in [5.41, 5.74) is 6.07. The van der Waals surface area contributed by atoms with Gasteiger partial charge in [0.25, 0.3) is 0 Å². The monoisotopic (exact) mass is 448 g/mol. The molecule has 1 amide bonds. The molecule has 0 saturated heterocycles. The van der Waals surface area contributed by atoms with Crippen molar-refractivity contribution in [2.24, 2.45) is 5.73 Å². The number of hydrogen-bond acceptors (Lipinski definition) is 6. The van der Waals surface area contributed by atoms with Crippen LogP contribution >= 0.6 is 0 Å². The fourth-order valence-electron chi connectivity index (χ4n) is 5.07. The van der Waals surface area contributed by atoms with Crippen molar-refractivity contribution >= 4 is 23.3 Å². The van der Waals surface area contributed by atoms with Gasteiger partial charge in [-0.1, -0.05) is 30.3 Å². The van der Waals surface area contributed by atoms with E-state index in [1.807, 2.05) is 0 Å². The Balaban J connectivity index is 1.71. The van der Waals surface area contributed by atoms with Gasteiger partial charge in [0.2, 0.25) is 11.8 Å². The number of carbonyl (C=O) groups is 3. The van der Waals surface area contributed by atoms with Crippen molar-refractivity contribution in [2.75, 3.05) is 11.9 Å². The van der Waals surface area contributed by atoms with Crippen LogP contribution in [0.4, 0.5) is 10.1 Å². The molecule has 0 saturated carbocycles. The summed E-state index contributed by atoms with van der Waals surface area (Å²) in [5, 5.41) is 2.79. The molecule has 1 aliphatic carbocycles. The van der Waals surface area contributed by atoms with Gasteiger partial charge in [-0.2, -0.15) is 0 Å². The first-order valence-corrected chi connectivity index (χ1v) is 10.7. The number of allylic oxidation sites excluding steroid dienone is 1. The molecule has 3 aliphatic rings. The molecule has 2 atom stereocenters. The van der Waals surface area contributed by atoms with Crippen LogP contribution in [0.3, 0.4) is 0 Å². The zero-order valence-corrected chi connectivity index (χ0v) is 17.8. The fourth-order valence-corrected chi connectivity index (χ4v) is 5.07. The maximum Gasteiger partial charge on any atom is 0.341 e. The highest BCUT2D eigenvalue weighted by Crippen LogP contribution is 2.55. The molecular formula is C25H21FN2O5. The van der Waals surface area contributed by atoms with Gasteiger partial charge in [0.1, 0.15) is 22.6 Å². The number of halogens is 1. The third kappa shape index (κ3) is 2.97. The van der Waals surface area contributed by atoms with E-state index in [1.165, 1.54) is 12.1 Å². The number of fused-ring (bicyclic) bond motifs is 3. The van der Waals surface area contributed by atoms with Crippen molar-refractivity contribution in [3.05, 3.63) is 88.3 Å². The van der Waals surface area contributed by atoms with Crippen molar-refractivity contribution in [3.8, 4) is 0 Å². The molecule has 8 heteroatoms.